The normalized spacial score (nSPS) is 13.2. The average molecular weight is 345 g/mol. The Morgan fingerprint density at radius 2 is 1.80 bits per heavy atom. The van der Waals surface area contributed by atoms with Crippen molar-refractivity contribution >= 4 is 11.6 Å². The van der Waals surface area contributed by atoms with E-state index >= 15 is 0 Å². The first-order chi connectivity index (χ1) is 12.1. The van der Waals surface area contributed by atoms with Gasteiger partial charge in [0.1, 0.15) is 5.82 Å². The smallest absolute Gasteiger partial charge is 0.262 e. The predicted octanol–water partition coefficient (Wildman–Crippen LogP) is 3.44. The summed E-state index contributed by atoms with van der Waals surface area (Å²) < 4.78 is 30.3. The molecule has 0 N–H and O–H groups in total. The molecule has 5 nitrogen and oxygen atoms in total. The van der Waals surface area contributed by atoms with Crippen molar-refractivity contribution in [3.05, 3.63) is 47.3 Å². The molecule has 0 atom stereocenters. The number of anilines is 1. The molecule has 1 heterocycles. The van der Waals surface area contributed by atoms with Gasteiger partial charge in [-0.25, -0.2) is 4.39 Å². The van der Waals surface area contributed by atoms with E-state index in [2.05, 4.69) is 0 Å². The highest BCUT2D eigenvalue weighted by molar-refractivity contribution is 6.09. The maximum atomic E-state index is 14.4. The zero-order valence-electron chi connectivity index (χ0n) is 14.5. The standard InChI is InChI=1S/C19H20FNO4/c1-23-15-10-9-13(17(24-2)18(15)25-3)19(22)21-11-5-7-12-6-4-8-14(20)16(12)21/h4,6,8-10H,5,7,11H2,1-3H3. The van der Waals surface area contributed by atoms with Crippen LogP contribution in [0.2, 0.25) is 0 Å². The second kappa shape index (κ2) is 7.01. The van der Waals surface area contributed by atoms with Gasteiger partial charge < -0.3 is 19.1 Å². The number of halogens is 1. The number of hydrogen-bond acceptors (Lipinski definition) is 4. The molecule has 0 fully saturated rings. The molecule has 0 spiro atoms. The number of ether oxygens (including phenoxy) is 3. The Morgan fingerprint density at radius 1 is 1.04 bits per heavy atom. The summed E-state index contributed by atoms with van der Waals surface area (Å²) >= 11 is 0. The molecule has 3 rings (SSSR count). The fraction of sp³-hybridized carbons (Fsp3) is 0.316. The molecule has 0 bridgehead atoms. The lowest BCUT2D eigenvalue weighted by Gasteiger charge is -2.30. The highest BCUT2D eigenvalue weighted by atomic mass is 19.1. The largest absolute Gasteiger partial charge is 0.493 e. The molecule has 0 aromatic heterocycles. The third kappa shape index (κ3) is 2.88. The number of fused-ring (bicyclic) bond motifs is 1. The van der Waals surface area contributed by atoms with Crippen molar-refractivity contribution in [2.24, 2.45) is 0 Å². The Labute approximate surface area is 145 Å². The van der Waals surface area contributed by atoms with Crippen LogP contribution in [0.15, 0.2) is 30.3 Å². The van der Waals surface area contributed by atoms with Crippen LogP contribution in [0.25, 0.3) is 0 Å². The van der Waals surface area contributed by atoms with E-state index in [1.54, 1.807) is 18.2 Å². The van der Waals surface area contributed by atoms with Crippen LogP contribution in [0, 0.1) is 5.82 Å². The molecule has 0 radical (unpaired) electrons. The fourth-order valence-corrected chi connectivity index (χ4v) is 3.22. The zero-order chi connectivity index (χ0) is 18.0. The van der Waals surface area contributed by atoms with Gasteiger partial charge in [-0.2, -0.15) is 0 Å². The van der Waals surface area contributed by atoms with Crippen LogP contribution in [-0.2, 0) is 6.42 Å². The molecule has 0 saturated heterocycles. The summed E-state index contributed by atoms with van der Waals surface area (Å²) in [5, 5.41) is 0. The second-order valence-corrected chi connectivity index (χ2v) is 5.69. The second-order valence-electron chi connectivity index (χ2n) is 5.69. The maximum absolute atomic E-state index is 14.4. The Balaban J connectivity index is 2.09. The van der Waals surface area contributed by atoms with E-state index in [9.17, 15) is 9.18 Å². The van der Waals surface area contributed by atoms with Gasteiger partial charge in [0, 0.05) is 6.54 Å². The molecule has 132 valence electrons. The van der Waals surface area contributed by atoms with Crippen LogP contribution < -0.4 is 19.1 Å². The average Bonchev–Trinajstić information content (AvgIpc) is 2.65. The molecular weight excluding hydrogens is 325 g/mol. The number of hydrogen-bond donors (Lipinski definition) is 0. The molecule has 2 aromatic rings. The molecule has 1 aliphatic heterocycles. The van der Waals surface area contributed by atoms with Crippen molar-refractivity contribution < 1.29 is 23.4 Å². The third-order valence-electron chi connectivity index (χ3n) is 4.35. The van der Waals surface area contributed by atoms with Gasteiger partial charge >= 0.3 is 0 Å². The monoisotopic (exact) mass is 345 g/mol. The van der Waals surface area contributed by atoms with Crippen LogP contribution >= 0.6 is 0 Å². The first-order valence-corrected chi connectivity index (χ1v) is 8.00. The summed E-state index contributed by atoms with van der Waals surface area (Å²) in [6, 6.07) is 8.14. The van der Waals surface area contributed by atoms with Crippen molar-refractivity contribution in [1.82, 2.24) is 0 Å². The predicted molar refractivity (Wildman–Crippen MR) is 92.5 cm³/mol. The minimum absolute atomic E-state index is 0.273. The molecule has 0 saturated carbocycles. The molecular formula is C19H20FNO4. The Kier molecular flexibility index (Phi) is 4.79. The SMILES string of the molecule is COc1ccc(C(=O)N2CCCc3cccc(F)c32)c(OC)c1OC. The van der Waals surface area contributed by atoms with Crippen molar-refractivity contribution in [3.63, 3.8) is 0 Å². The minimum Gasteiger partial charge on any atom is -0.493 e. The number of aryl methyl sites for hydroxylation is 1. The zero-order valence-corrected chi connectivity index (χ0v) is 14.5. The van der Waals surface area contributed by atoms with Crippen LogP contribution in [0.5, 0.6) is 17.2 Å². The van der Waals surface area contributed by atoms with E-state index in [4.69, 9.17) is 14.2 Å². The Morgan fingerprint density at radius 3 is 2.48 bits per heavy atom. The first-order valence-electron chi connectivity index (χ1n) is 8.00. The van der Waals surface area contributed by atoms with Gasteiger partial charge in [-0.1, -0.05) is 12.1 Å². The van der Waals surface area contributed by atoms with E-state index in [1.807, 2.05) is 6.07 Å². The van der Waals surface area contributed by atoms with Crippen LogP contribution in [-0.4, -0.2) is 33.8 Å². The molecule has 6 heteroatoms. The van der Waals surface area contributed by atoms with E-state index in [-0.39, 0.29) is 11.7 Å². The number of nitrogens with zero attached hydrogens (tertiary/aromatic N) is 1. The minimum atomic E-state index is -0.398. The number of carbonyl (C=O) groups excluding carboxylic acids is 1. The highest BCUT2D eigenvalue weighted by Crippen LogP contribution is 2.41. The van der Waals surface area contributed by atoms with Gasteiger partial charge in [0.2, 0.25) is 5.75 Å². The van der Waals surface area contributed by atoms with Crippen molar-refractivity contribution in [2.75, 3.05) is 32.8 Å². The summed E-state index contributed by atoms with van der Waals surface area (Å²) in [6.45, 7) is 0.449. The Bertz CT molecular complexity index is 806. The molecule has 1 amide bonds. The van der Waals surface area contributed by atoms with Gasteiger partial charge in [0.05, 0.1) is 32.6 Å². The molecule has 0 aliphatic carbocycles. The summed E-state index contributed by atoms with van der Waals surface area (Å²) in [5.41, 5.74) is 1.48. The number of carbonyl (C=O) groups is 1. The summed E-state index contributed by atoms with van der Waals surface area (Å²) in [6.07, 6.45) is 1.53. The van der Waals surface area contributed by atoms with Gasteiger partial charge in [-0.05, 0) is 36.6 Å². The lowest BCUT2D eigenvalue weighted by atomic mass is 10.00. The lowest BCUT2D eigenvalue weighted by molar-refractivity contribution is 0.0980. The number of para-hydroxylation sites is 1. The summed E-state index contributed by atoms with van der Waals surface area (Å²) in [4.78, 5) is 14.6. The molecule has 1 aliphatic rings. The van der Waals surface area contributed by atoms with Crippen LogP contribution in [0.4, 0.5) is 10.1 Å². The first kappa shape index (κ1) is 17.1. The third-order valence-corrected chi connectivity index (χ3v) is 4.35. The molecule has 2 aromatic carbocycles. The molecule has 25 heavy (non-hydrogen) atoms. The van der Waals surface area contributed by atoms with Crippen molar-refractivity contribution in [3.8, 4) is 17.2 Å². The maximum Gasteiger partial charge on any atom is 0.262 e. The fourth-order valence-electron chi connectivity index (χ4n) is 3.22. The van der Waals surface area contributed by atoms with Gasteiger partial charge in [0.25, 0.3) is 5.91 Å². The Hall–Kier alpha value is -2.76. The number of methoxy groups -OCH3 is 3. The summed E-state index contributed by atoms with van der Waals surface area (Å²) in [5.74, 6) is 0.340. The lowest BCUT2D eigenvalue weighted by Crippen LogP contribution is -2.36. The van der Waals surface area contributed by atoms with E-state index in [0.29, 0.717) is 29.3 Å². The number of benzene rings is 2. The number of amides is 1. The van der Waals surface area contributed by atoms with E-state index in [1.165, 1.54) is 32.3 Å². The van der Waals surface area contributed by atoms with Crippen molar-refractivity contribution in [2.45, 2.75) is 12.8 Å². The van der Waals surface area contributed by atoms with E-state index < -0.39 is 5.82 Å². The van der Waals surface area contributed by atoms with Gasteiger partial charge in [0.15, 0.2) is 11.5 Å². The highest BCUT2D eigenvalue weighted by Gasteiger charge is 2.30. The topological polar surface area (TPSA) is 48.0 Å². The van der Waals surface area contributed by atoms with Crippen molar-refractivity contribution in [1.29, 1.82) is 0 Å². The van der Waals surface area contributed by atoms with Crippen LogP contribution in [0.3, 0.4) is 0 Å². The number of rotatable bonds is 4. The van der Waals surface area contributed by atoms with Gasteiger partial charge in [-0.3, -0.25) is 4.79 Å². The molecule has 0 unspecified atom stereocenters. The van der Waals surface area contributed by atoms with E-state index in [0.717, 1.165) is 18.4 Å². The van der Waals surface area contributed by atoms with Crippen LogP contribution in [0.1, 0.15) is 22.3 Å². The quantitative estimate of drug-likeness (QED) is 0.852. The summed E-state index contributed by atoms with van der Waals surface area (Å²) in [7, 11) is 4.44. The van der Waals surface area contributed by atoms with Gasteiger partial charge in [-0.15, -0.1) is 0 Å².